The Kier molecular flexibility index (Phi) is 3.88. The summed E-state index contributed by atoms with van der Waals surface area (Å²) in [5, 5.41) is 1.75. The minimum absolute atomic E-state index is 0.226. The number of benzene rings is 1. The Bertz CT molecular complexity index is 767. The third kappa shape index (κ3) is 2.97. The van der Waals surface area contributed by atoms with Crippen molar-refractivity contribution in [2.45, 2.75) is 23.5 Å². The van der Waals surface area contributed by atoms with Crippen LogP contribution in [0.2, 0.25) is 0 Å². The molecule has 1 N–H and O–H groups in total. The van der Waals surface area contributed by atoms with Gasteiger partial charge >= 0.3 is 0 Å². The van der Waals surface area contributed by atoms with Crippen LogP contribution in [0, 0.1) is 0 Å². The van der Waals surface area contributed by atoms with Gasteiger partial charge in [-0.15, -0.1) is 11.3 Å². The van der Waals surface area contributed by atoms with Gasteiger partial charge in [0.25, 0.3) is 0 Å². The maximum atomic E-state index is 12.2. The number of sulfonamides is 1. The van der Waals surface area contributed by atoms with Crippen molar-refractivity contribution in [1.82, 2.24) is 4.72 Å². The summed E-state index contributed by atoms with van der Waals surface area (Å²) in [6, 6.07) is 9.02. The number of ether oxygens (including phenoxy) is 2. The highest BCUT2D eigenvalue weighted by atomic mass is 32.2. The molecule has 0 radical (unpaired) electrons. The fourth-order valence-corrected chi connectivity index (χ4v) is 4.43. The van der Waals surface area contributed by atoms with Crippen molar-refractivity contribution in [3.63, 3.8) is 0 Å². The molecule has 0 amide bonds. The van der Waals surface area contributed by atoms with Gasteiger partial charge in [-0.3, -0.25) is 0 Å². The lowest BCUT2D eigenvalue weighted by Gasteiger charge is -2.25. The molecule has 1 aromatic carbocycles. The van der Waals surface area contributed by atoms with Gasteiger partial charge in [0.2, 0.25) is 16.8 Å². The van der Waals surface area contributed by atoms with E-state index in [4.69, 9.17) is 9.47 Å². The van der Waals surface area contributed by atoms with E-state index in [1.807, 2.05) is 32.0 Å². The normalized spacial score (nSPS) is 14.3. The quantitative estimate of drug-likeness (QED) is 0.910. The highest BCUT2D eigenvalue weighted by molar-refractivity contribution is 7.91. The fraction of sp³-hybridized carbons (Fsp3) is 0.333. The first kappa shape index (κ1) is 15.3. The van der Waals surface area contributed by atoms with Crippen molar-refractivity contribution in [3.05, 3.63) is 41.3 Å². The molecular weight excluding hydrogens is 322 g/mol. The monoisotopic (exact) mass is 339 g/mol. The zero-order valence-corrected chi connectivity index (χ0v) is 14.0. The molecule has 0 fully saturated rings. The highest BCUT2D eigenvalue weighted by Crippen LogP contribution is 2.36. The van der Waals surface area contributed by atoms with Crippen molar-refractivity contribution < 1.29 is 17.9 Å². The third-order valence-corrected chi connectivity index (χ3v) is 6.42. The van der Waals surface area contributed by atoms with Crippen LogP contribution in [-0.4, -0.2) is 21.8 Å². The molecule has 0 atom stereocenters. The second-order valence-corrected chi connectivity index (χ2v) is 8.65. The largest absolute Gasteiger partial charge is 0.454 e. The predicted octanol–water partition coefficient (Wildman–Crippen LogP) is 2.73. The summed E-state index contributed by atoms with van der Waals surface area (Å²) >= 11 is 1.21. The summed E-state index contributed by atoms with van der Waals surface area (Å²) in [5.74, 6) is 1.42. The van der Waals surface area contributed by atoms with E-state index in [1.54, 1.807) is 17.5 Å². The molecule has 0 aliphatic carbocycles. The van der Waals surface area contributed by atoms with Crippen LogP contribution in [0.4, 0.5) is 0 Å². The van der Waals surface area contributed by atoms with Gasteiger partial charge < -0.3 is 9.47 Å². The van der Waals surface area contributed by atoms with Crippen molar-refractivity contribution in [2.24, 2.45) is 0 Å². The number of rotatable bonds is 5. The zero-order valence-electron chi connectivity index (χ0n) is 12.3. The smallest absolute Gasteiger partial charge is 0.250 e. The van der Waals surface area contributed by atoms with Crippen molar-refractivity contribution in [2.75, 3.05) is 13.3 Å². The molecule has 118 valence electrons. The second-order valence-electron chi connectivity index (χ2n) is 5.71. The first-order valence-electron chi connectivity index (χ1n) is 6.82. The van der Waals surface area contributed by atoms with Gasteiger partial charge in [0.15, 0.2) is 11.5 Å². The summed E-state index contributed by atoms with van der Waals surface area (Å²) in [4.78, 5) is 0. The van der Waals surface area contributed by atoms with Gasteiger partial charge in [-0.25, -0.2) is 13.1 Å². The first-order valence-corrected chi connectivity index (χ1v) is 9.18. The number of fused-ring (bicyclic) bond motifs is 1. The molecule has 3 rings (SSSR count). The van der Waals surface area contributed by atoms with Gasteiger partial charge in [-0.2, -0.15) is 0 Å². The van der Waals surface area contributed by atoms with Gasteiger partial charge in [0.1, 0.15) is 4.21 Å². The molecule has 0 spiro atoms. The molecule has 22 heavy (non-hydrogen) atoms. The summed E-state index contributed by atoms with van der Waals surface area (Å²) in [6.45, 7) is 4.50. The minimum Gasteiger partial charge on any atom is -0.454 e. The van der Waals surface area contributed by atoms with Gasteiger partial charge in [-0.05, 0) is 29.1 Å². The Hall–Kier alpha value is -1.57. The van der Waals surface area contributed by atoms with Crippen molar-refractivity contribution >= 4 is 21.4 Å². The van der Waals surface area contributed by atoms with Gasteiger partial charge in [0.05, 0.1) is 0 Å². The molecule has 1 aliphatic heterocycles. The van der Waals surface area contributed by atoms with Crippen LogP contribution in [0.3, 0.4) is 0 Å². The Morgan fingerprint density at radius 3 is 2.73 bits per heavy atom. The molecule has 0 bridgehead atoms. The number of thiophene rings is 1. The van der Waals surface area contributed by atoms with Crippen molar-refractivity contribution in [3.8, 4) is 11.5 Å². The van der Waals surface area contributed by atoms with Crippen LogP contribution in [0.15, 0.2) is 39.9 Å². The van der Waals surface area contributed by atoms with Crippen LogP contribution >= 0.6 is 11.3 Å². The Morgan fingerprint density at radius 2 is 2.00 bits per heavy atom. The number of hydrogen-bond acceptors (Lipinski definition) is 5. The van der Waals surface area contributed by atoms with E-state index in [0.717, 1.165) is 11.3 Å². The van der Waals surface area contributed by atoms with Gasteiger partial charge in [-0.1, -0.05) is 26.0 Å². The summed E-state index contributed by atoms with van der Waals surface area (Å²) < 4.78 is 38.1. The summed E-state index contributed by atoms with van der Waals surface area (Å²) in [6.07, 6.45) is 0. The Labute approximate surface area is 133 Å². The molecule has 1 aromatic heterocycles. The van der Waals surface area contributed by atoms with E-state index >= 15 is 0 Å². The molecule has 0 saturated carbocycles. The van der Waals surface area contributed by atoms with Crippen molar-refractivity contribution in [1.29, 1.82) is 0 Å². The summed E-state index contributed by atoms with van der Waals surface area (Å²) in [5.41, 5.74) is 0.622. The number of hydrogen-bond donors (Lipinski definition) is 1. The molecule has 2 aromatic rings. The van der Waals surface area contributed by atoms with Crippen LogP contribution < -0.4 is 14.2 Å². The fourth-order valence-electron chi connectivity index (χ4n) is 2.18. The molecule has 5 nitrogen and oxygen atoms in total. The van der Waals surface area contributed by atoms with E-state index < -0.39 is 10.0 Å². The maximum Gasteiger partial charge on any atom is 0.250 e. The predicted molar refractivity (Wildman–Crippen MR) is 85.1 cm³/mol. The molecule has 1 aliphatic rings. The lowest BCUT2D eigenvalue weighted by molar-refractivity contribution is 0.174. The molecule has 0 unspecified atom stereocenters. The average molecular weight is 339 g/mol. The van der Waals surface area contributed by atoms with Gasteiger partial charge in [0, 0.05) is 12.0 Å². The molecule has 2 heterocycles. The topological polar surface area (TPSA) is 64.6 Å². The first-order chi connectivity index (χ1) is 10.4. The van der Waals surface area contributed by atoms with Crippen LogP contribution in [0.25, 0.3) is 0 Å². The molecular formula is C15H17NO4S2. The van der Waals surface area contributed by atoms with E-state index in [1.165, 1.54) is 11.3 Å². The SMILES string of the molecule is CC(C)(CNS(=O)(=O)c1cccs1)c1ccc2c(c1)OCO2. The summed E-state index contributed by atoms with van der Waals surface area (Å²) in [7, 11) is -3.46. The maximum absolute atomic E-state index is 12.2. The highest BCUT2D eigenvalue weighted by Gasteiger charge is 2.26. The Balaban J connectivity index is 1.76. The Morgan fingerprint density at radius 1 is 1.23 bits per heavy atom. The minimum atomic E-state index is -3.46. The van der Waals surface area contributed by atoms with E-state index in [9.17, 15) is 8.42 Å². The third-order valence-electron chi connectivity index (χ3n) is 3.62. The second kappa shape index (κ2) is 5.57. The van der Waals surface area contributed by atoms with Crippen LogP contribution in [0.5, 0.6) is 11.5 Å². The lowest BCUT2D eigenvalue weighted by atomic mass is 9.85. The lowest BCUT2D eigenvalue weighted by Crippen LogP contribution is -2.36. The average Bonchev–Trinajstić information content (AvgIpc) is 3.15. The standard InChI is InChI=1S/C15H17NO4S2/c1-15(2,9-16-22(17,18)14-4-3-7-21-14)11-5-6-12-13(8-11)20-10-19-12/h3-8,16H,9-10H2,1-2H3. The van der Waals surface area contributed by atoms with E-state index in [2.05, 4.69) is 4.72 Å². The van der Waals surface area contributed by atoms with E-state index in [-0.39, 0.29) is 12.2 Å². The molecule has 7 heteroatoms. The zero-order chi connectivity index (χ0) is 15.8. The van der Waals surface area contributed by atoms with Crippen LogP contribution in [-0.2, 0) is 15.4 Å². The molecule has 0 saturated heterocycles. The van der Waals surface area contributed by atoms with E-state index in [0.29, 0.717) is 16.5 Å². The number of nitrogens with one attached hydrogen (secondary N) is 1. The van der Waals surface area contributed by atoms with Crippen LogP contribution in [0.1, 0.15) is 19.4 Å².